The van der Waals surface area contributed by atoms with Crippen molar-refractivity contribution in [3.05, 3.63) is 52.9 Å². The molecule has 20 heavy (non-hydrogen) atoms. The van der Waals surface area contributed by atoms with Gasteiger partial charge in [0, 0.05) is 30.1 Å². The first kappa shape index (κ1) is 14.8. The largest absolute Gasteiger partial charge is 0.469 e. The van der Waals surface area contributed by atoms with Gasteiger partial charge in [0.05, 0.1) is 6.26 Å². The molecule has 1 aromatic carbocycles. The van der Waals surface area contributed by atoms with Gasteiger partial charge in [-0.15, -0.1) is 0 Å². The van der Waals surface area contributed by atoms with Gasteiger partial charge in [-0.1, -0.05) is 11.6 Å². The molecule has 0 aliphatic heterocycles. The molecular weight excluding hydrogens is 288 g/mol. The highest BCUT2D eigenvalue weighted by Crippen LogP contribution is 2.24. The Morgan fingerprint density at radius 3 is 2.85 bits per heavy atom. The Morgan fingerprint density at radius 2 is 2.15 bits per heavy atom. The topological polar surface area (TPSA) is 34.4 Å². The molecule has 0 amide bonds. The van der Waals surface area contributed by atoms with Gasteiger partial charge in [0.15, 0.2) is 0 Å². The number of furan rings is 1. The van der Waals surface area contributed by atoms with Gasteiger partial charge >= 0.3 is 6.61 Å². The number of alkyl halides is 2. The molecule has 1 heterocycles. The first-order valence-electron chi connectivity index (χ1n) is 6.11. The van der Waals surface area contributed by atoms with Crippen molar-refractivity contribution in [3.63, 3.8) is 0 Å². The number of nitrogens with one attached hydrogen (secondary N) is 1. The quantitative estimate of drug-likeness (QED) is 0.788. The third-order valence-corrected chi connectivity index (χ3v) is 2.92. The van der Waals surface area contributed by atoms with Crippen LogP contribution in [0.25, 0.3) is 0 Å². The van der Waals surface area contributed by atoms with Gasteiger partial charge in [-0.05, 0) is 30.3 Å². The van der Waals surface area contributed by atoms with Crippen LogP contribution in [0.3, 0.4) is 0 Å². The second kappa shape index (κ2) is 7.26. The van der Waals surface area contributed by atoms with E-state index in [0.29, 0.717) is 23.7 Å². The lowest BCUT2D eigenvalue weighted by molar-refractivity contribution is -0.0504. The highest BCUT2D eigenvalue weighted by Gasteiger charge is 2.10. The van der Waals surface area contributed by atoms with Crippen LogP contribution < -0.4 is 10.1 Å². The second-order valence-electron chi connectivity index (χ2n) is 4.14. The van der Waals surface area contributed by atoms with E-state index in [1.54, 1.807) is 12.3 Å². The number of hydrogen-bond donors (Lipinski definition) is 1. The fraction of sp³-hybridized carbons (Fsp3) is 0.286. The summed E-state index contributed by atoms with van der Waals surface area (Å²) in [7, 11) is 0. The molecule has 0 saturated carbocycles. The highest BCUT2D eigenvalue weighted by molar-refractivity contribution is 6.30. The number of benzene rings is 1. The number of rotatable bonds is 7. The lowest BCUT2D eigenvalue weighted by atomic mass is 10.2. The van der Waals surface area contributed by atoms with Crippen molar-refractivity contribution in [2.24, 2.45) is 0 Å². The maximum atomic E-state index is 12.3. The fourth-order valence-corrected chi connectivity index (χ4v) is 1.98. The second-order valence-corrected chi connectivity index (χ2v) is 4.57. The summed E-state index contributed by atoms with van der Waals surface area (Å²) >= 11 is 5.86. The van der Waals surface area contributed by atoms with Crippen LogP contribution in [-0.2, 0) is 13.0 Å². The summed E-state index contributed by atoms with van der Waals surface area (Å²) in [6, 6.07) is 8.27. The van der Waals surface area contributed by atoms with Gasteiger partial charge in [-0.3, -0.25) is 0 Å². The maximum absolute atomic E-state index is 12.3. The normalized spacial score (nSPS) is 11.0. The monoisotopic (exact) mass is 301 g/mol. The van der Waals surface area contributed by atoms with E-state index in [-0.39, 0.29) is 5.75 Å². The van der Waals surface area contributed by atoms with Crippen LogP contribution in [0.2, 0.25) is 5.02 Å². The van der Waals surface area contributed by atoms with E-state index in [2.05, 4.69) is 10.1 Å². The van der Waals surface area contributed by atoms with Gasteiger partial charge in [0.25, 0.3) is 0 Å². The summed E-state index contributed by atoms with van der Waals surface area (Å²) in [6.07, 6.45) is 2.33. The van der Waals surface area contributed by atoms with Crippen LogP contribution in [0.4, 0.5) is 8.78 Å². The van der Waals surface area contributed by atoms with Crippen molar-refractivity contribution < 1.29 is 17.9 Å². The van der Waals surface area contributed by atoms with Gasteiger partial charge in [0.1, 0.15) is 11.5 Å². The van der Waals surface area contributed by atoms with Crippen LogP contribution >= 0.6 is 11.6 Å². The Bertz CT molecular complexity index is 532. The molecule has 0 fully saturated rings. The molecule has 1 N–H and O–H groups in total. The molecule has 0 radical (unpaired) electrons. The van der Waals surface area contributed by atoms with E-state index in [1.165, 1.54) is 12.1 Å². The predicted octanol–water partition coefficient (Wildman–Crippen LogP) is 3.87. The standard InChI is InChI=1S/C14H14ClF2NO2/c15-11-3-4-13(20-14(16)17)10(8-11)9-18-6-5-12-2-1-7-19-12/h1-4,7-8,14,18H,5-6,9H2. The predicted molar refractivity (Wildman–Crippen MR) is 72.2 cm³/mol. The molecule has 1 aromatic heterocycles. The van der Waals surface area contributed by atoms with Crippen LogP contribution in [0, 0.1) is 0 Å². The SMILES string of the molecule is FC(F)Oc1ccc(Cl)cc1CNCCc1ccco1. The molecule has 3 nitrogen and oxygen atoms in total. The van der Waals surface area contributed by atoms with E-state index in [1.807, 2.05) is 12.1 Å². The Morgan fingerprint density at radius 1 is 1.30 bits per heavy atom. The number of ether oxygens (including phenoxy) is 1. The first-order chi connectivity index (χ1) is 9.65. The lowest BCUT2D eigenvalue weighted by Crippen LogP contribution is -2.17. The van der Waals surface area contributed by atoms with E-state index >= 15 is 0 Å². The van der Waals surface area contributed by atoms with Crippen molar-refractivity contribution in [3.8, 4) is 5.75 Å². The average Bonchev–Trinajstić information content (AvgIpc) is 2.90. The van der Waals surface area contributed by atoms with E-state index in [4.69, 9.17) is 16.0 Å². The minimum Gasteiger partial charge on any atom is -0.469 e. The zero-order valence-electron chi connectivity index (χ0n) is 10.6. The first-order valence-corrected chi connectivity index (χ1v) is 6.49. The lowest BCUT2D eigenvalue weighted by Gasteiger charge is -2.11. The zero-order valence-corrected chi connectivity index (χ0v) is 11.4. The molecule has 2 rings (SSSR count). The Kier molecular flexibility index (Phi) is 5.38. The van der Waals surface area contributed by atoms with Crippen LogP contribution in [0.15, 0.2) is 41.0 Å². The Balaban J connectivity index is 1.88. The summed E-state index contributed by atoms with van der Waals surface area (Å²) in [5, 5.41) is 3.62. The summed E-state index contributed by atoms with van der Waals surface area (Å²) in [5.74, 6) is 1.00. The Hall–Kier alpha value is -1.59. The summed E-state index contributed by atoms with van der Waals surface area (Å²) in [4.78, 5) is 0. The van der Waals surface area contributed by atoms with Crippen molar-refractivity contribution in [1.29, 1.82) is 0 Å². The van der Waals surface area contributed by atoms with Gasteiger partial charge in [-0.2, -0.15) is 8.78 Å². The van der Waals surface area contributed by atoms with E-state index < -0.39 is 6.61 Å². The molecule has 0 saturated heterocycles. The van der Waals surface area contributed by atoms with Gasteiger partial charge in [0.2, 0.25) is 0 Å². The van der Waals surface area contributed by atoms with Gasteiger partial charge < -0.3 is 14.5 Å². The van der Waals surface area contributed by atoms with Crippen molar-refractivity contribution in [1.82, 2.24) is 5.32 Å². The zero-order chi connectivity index (χ0) is 14.4. The number of hydrogen-bond acceptors (Lipinski definition) is 3. The van der Waals surface area contributed by atoms with Crippen LogP contribution in [0.5, 0.6) is 5.75 Å². The summed E-state index contributed by atoms with van der Waals surface area (Å²) in [6.45, 7) is -1.80. The molecule has 108 valence electrons. The maximum Gasteiger partial charge on any atom is 0.387 e. The van der Waals surface area contributed by atoms with E-state index in [0.717, 1.165) is 12.2 Å². The molecule has 0 bridgehead atoms. The molecule has 6 heteroatoms. The van der Waals surface area contributed by atoms with Crippen LogP contribution in [-0.4, -0.2) is 13.2 Å². The van der Waals surface area contributed by atoms with Crippen molar-refractivity contribution in [2.75, 3.05) is 6.54 Å². The Labute approximate surface area is 120 Å². The van der Waals surface area contributed by atoms with E-state index in [9.17, 15) is 8.78 Å². The van der Waals surface area contributed by atoms with Crippen molar-refractivity contribution in [2.45, 2.75) is 19.6 Å². The smallest absolute Gasteiger partial charge is 0.387 e. The third kappa shape index (κ3) is 4.51. The third-order valence-electron chi connectivity index (χ3n) is 2.68. The molecule has 2 aromatic rings. The molecular formula is C14H14ClF2NO2. The molecule has 0 unspecified atom stereocenters. The number of halogens is 3. The summed E-state index contributed by atoms with van der Waals surface area (Å²) < 4.78 is 34.2. The minimum absolute atomic E-state index is 0.134. The molecule has 0 aliphatic rings. The van der Waals surface area contributed by atoms with Crippen molar-refractivity contribution >= 4 is 11.6 Å². The van der Waals surface area contributed by atoms with Crippen LogP contribution in [0.1, 0.15) is 11.3 Å². The average molecular weight is 302 g/mol. The molecule has 0 atom stereocenters. The summed E-state index contributed by atoms with van der Waals surface area (Å²) in [5.41, 5.74) is 0.595. The minimum atomic E-state index is -2.85. The molecule has 0 spiro atoms. The molecule has 0 aliphatic carbocycles. The van der Waals surface area contributed by atoms with Gasteiger partial charge in [-0.25, -0.2) is 0 Å². The fourth-order valence-electron chi connectivity index (χ4n) is 1.79. The highest BCUT2D eigenvalue weighted by atomic mass is 35.5.